The van der Waals surface area contributed by atoms with Gasteiger partial charge in [-0.3, -0.25) is 0 Å². The molecule has 1 N–H and O–H groups in total. The lowest BCUT2D eigenvalue weighted by Crippen LogP contribution is -2.15. The van der Waals surface area contributed by atoms with Crippen LogP contribution in [0.15, 0.2) is 36.9 Å². The monoisotopic (exact) mass is 365 g/mol. The van der Waals surface area contributed by atoms with Crippen molar-refractivity contribution < 1.29 is 9.47 Å². The lowest BCUT2D eigenvalue weighted by molar-refractivity contribution is 0.0842. The number of fused-ring (bicyclic) bond motifs is 1. The second-order valence-electron chi connectivity index (χ2n) is 6.65. The maximum Gasteiger partial charge on any atom is 0.227 e. The Kier molecular flexibility index (Phi) is 4.77. The molecule has 1 aromatic carbocycles. The minimum atomic E-state index is 0.0405. The zero-order chi connectivity index (χ0) is 18.8. The van der Waals surface area contributed by atoms with Crippen LogP contribution in [0.1, 0.15) is 35.9 Å². The molecule has 0 fully saturated rings. The number of aryl methyl sites for hydroxylation is 2. The summed E-state index contributed by atoms with van der Waals surface area (Å²) in [6.07, 6.45) is 8.78. The predicted octanol–water partition coefficient (Wildman–Crippen LogP) is 3.75. The smallest absolute Gasteiger partial charge is 0.227 e. The first kappa shape index (κ1) is 17.5. The molecule has 0 bridgehead atoms. The van der Waals surface area contributed by atoms with E-state index >= 15 is 0 Å². The molecular weight excluding hydrogens is 342 g/mol. The van der Waals surface area contributed by atoms with Gasteiger partial charge in [-0.15, -0.1) is 0 Å². The highest BCUT2D eigenvalue weighted by atomic mass is 16.5. The van der Waals surface area contributed by atoms with Crippen molar-refractivity contribution in [3.63, 3.8) is 0 Å². The zero-order valence-electron chi connectivity index (χ0n) is 15.8. The molecule has 1 aliphatic rings. The molecule has 2 aromatic heterocycles. The first-order valence-corrected chi connectivity index (χ1v) is 9.02. The van der Waals surface area contributed by atoms with Gasteiger partial charge in [0.05, 0.1) is 36.6 Å². The van der Waals surface area contributed by atoms with E-state index in [1.165, 1.54) is 5.56 Å². The van der Waals surface area contributed by atoms with E-state index in [-0.39, 0.29) is 6.10 Å². The van der Waals surface area contributed by atoms with Gasteiger partial charge in [0.2, 0.25) is 5.95 Å². The normalized spacial score (nSPS) is 16.0. The van der Waals surface area contributed by atoms with E-state index in [2.05, 4.69) is 15.3 Å². The Labute approximate surface area is 158 Å². The van der Waals surface area contributed by atoms with Crippen LogP contribution in [-0.2, 0) is 11.2 Å². The number of benzene rings is 1. The highest BCUT2D eigenvalue weighted by Crippen LogP contribution is 2.32. The molecule has 27 heavy (non-hydrogen) atoms. The third-order valence-electron chi connectivity index (χ3n) is 4.83. The Morgan fingerprint density at radius 2 is 2.11 bits per heavy atom. The molecule has 140 valence electrons. The van der Waals surface area contributed by atoms with Gasteiger partial charge in [0, 0.05) is 31.3 Å². The van der Waals surface area contributed by atoms with Gasteiger partial charge >= 0.3 is 0 Å². The number of anilines is 2. The number of hydrogen-bond acceptors (Lipinski definition) is 6. The fourth-order valence-corrected chi connectivity index (χ4v) is 3.45. The molecule has 0 amide bonds. The van der Waals surface area contributed by atoms with Crippen molar-refractivity contribution in [1.29, 1.82) is 0 Å². The van der Waals surface area contributed by atoms with E-state index < -0.39 is 0 Å². The fourth-order valence-electron chi connectivity index (χ4n) is 3.45. The summed E-state index contributed by atoms with van der Waals surface area (Å²) in [5, 5.41) is 3.27. The maximum atomic E-state index is 5.58. The Morgan fingerprint density at radius 1 is 1.22 bits per heavy atom. The van der Waals surface area contributed by atoms with Crippen LogP contribution in [0.3, 0.4) is 0 Å². The molecule has 3 aromatic rings. The molecule has 1 unspecified atom stereocenters. The molecule has 7 heteroatoms. The Morgan fingerprint density at radius 3 is 2.85 bits per heavy atom. The van der Waals surface area contributed by atoms with Crippen LogP contribution < -0.4 is 10.1 Å². The topological polar surface area (TPSA) is 74.1 Å². The molecule has 1 atom stereocenters. The second kappa shape index (κ2) is 7.36. The molecule has 0 radical (unpaired) electrons. The second-order valence-corrected chi connectivity index (χ2v) is 6.65. The van der Waals surface area contributed by atoms with E-state index in [0.29, 0.717) is 5.95 Å². The lowest BCUT2D eigenvalue weighted by atomic mass is 9.95. The van der Waals surface area contributed by atoms with Crippen molar-refractivity contribution in [3.05, 3.63) is 53.9 Å². The number of imidazole rings is 1. The van der Waals surface area contributed by atoms with E-state index in [4.69, 9.17) is 14.5 Å². The maximum absolute atomic E-state index is 5.58. The van der Waals surface area contributed by atoms with Gasteiger partial charge in [-0.25, -0.2) is 15.0 Å². The Bertz CT molecular complexity index is 953. The third-order valence-corrected chi connectivity index (χ3v) is 4.83. The molecule has 4 rings (SSSR count). The number of rotatable bonds is 5. The molecule has 7 nitrogen and oxygen atoms in total. The summed E-state index contributed by atoms with van der Waals surface area (Å²) in [5.41, 5.74) is 4.89. The van der Waals surface area contributed by atoms with Crippen molar-refractivity contribution in [2.45, 2.75) is 32.3 Å². The van der Waals surface area contributed by atoms with Crippen molar-refractivity contribution in [2.24, 2.45) is 0 Å². The van der Waals surface area contributed by atoms with E-state index in [1.54, 1.807) is 20.5 Å². The fraction of sp³-hybridized carbons (Fsp3) is 0.350. The van der Waals surface area contributed by atoms with Gasteiger partial charge in [0.1, 0.15) is 5.75 Å². The number of aromatic nitrogens is 4. The van der Waals surface area contributed by atoms with Gasteiger partial charge in [0.25, 0.3) is 0 Å². The van der Waals surface area contributed by atoms with Crippen LogP contribution in [0, 0.1) is 6.92 Å². The summed E-state index contributed by atoms with van der Waals surface area (Å²) in [6, 6.07) is 5.89. The summed E-state index contributed by atoms with van der Waals surface area (Å²) in [5.74, 6) is 1.30. The molecule has 0 aliphatic heterocycles. The number of hydrogen-bond donors (Lipinski definition) is 1. The zero-order valence-corrected chi connectivity index (χ0v) is 15.8. The van der Waals surface area contributed by atoms with Gasteiger partial charge in [-0.05, 0) is 43.9 Å². The van der Waals surface area contributed by atoms with E-state index in [9.17, 15) is 0 Å². The van der Waals surface area contributed by atoms with Crippen LogP contribution in [0.5, 0.6) is 5.75 Å². The Hall–Kier alpha value is -2.93. The quantitative estimate of drug-likeness (QED) is 0.742. The standard InChI is InChI=1S/C20H23N5O2/c1-13-11-25(12-22-13)16-8-7-15(9-18(16)27-3)23-20-21-10-14-5-4-6-17(26-2)19(14)24-20/h7-12,17H,4-6H2,1-3H3,(H,21,23,24). The van der Waals surface area contributed by atoms with Gasteiger partial charge in [0.15, 0.2) is 0 Å². The average molecular weight is 365 g/mol. The van der Waals surface area contributed by atoms with Crippen molar-refractivity contribution >= 4 is 11.6 Å². The van der Waals surface area contributed by atoms with Crippen LogP contribution in [0.4, 0.5) is 11.6 Å². The van der Waals surface area contributed by atoms with Crippen LogP contribution in [-0.4, -0.2) is 33.7 Å². The Balaban J connectivity index is 1.61. The van der Waals surface area contributed by atoms with Crippen LogP contribution in [0.25, 0.3) is 5.69 Å². The van der Waals surface area contributed by atoms with Gasteiger partial charge in [-0.2, -0.15) is 0 Å². The summed E-state index contributed by atoms with van der Waals surface area (Å²) in [6.45, 7) is 1.96. The summed E-state index contributed by atoms with van der Waals surface area (Å²) in [7, 11) is 3.39. The highest BCUT2D eigenvalue weighted by molar-refractivity contribution is 5.62. The summed E-state index contributed by atoms with van der Waals surface area (Å²) < 4.78 is 13.1. The molecule has 0 saturated heterocycles. The molecular formula is C20H23N5O2. The highest BCUT2D eigenvalue weighted by Gasteiger charge is 2.22. The number of ether oxygens (including phenoxy) is 2. The van der Waals surface area contributed by atoms with Crippen LogP contribution in [0.2, 0.25) is 0 Å². The van der Waals surface area contributed by atoms with Gasteiger partial charge < -0.3 is 19.4 Å². The van der Waals surface area contributed by atoms with Crippen molar-refractivity contribution in [2.75, 3.05) is 19.5 Å². The number of nitrogens with one attached hydrogen (secondary N) is 1. The first-order chi connectivity index (χ1) is 13.2. The predicted molar refractivity (Wildman–Crippen MR) is 103 cm³/mol. The first-order valence-electron chi connectivity index (χ1n) is 9.02. The summed E-state index contributed by atoms with van der Waals surface area (Å²) in [4.78, 5) is 13.4. The van der Waals surface area contributed by atoms with E-state index in [1.807, 2.05) is 42.1 Å². The average Bonchev–Trinajstić information content (AvgIpc) is 3.13. The van der Waals surface area contributed by atoms with Crippen molar-refractivity contribution in [3.8, 4) is 11.4 Å². The van der Waals surface area contributed by atoms with Gasteiger partial charge in [-0.1, -0.05) is 0 Å². The molecule has 2 heterocycles. The van der Waals surface area contributed by atoms with Crippen molar-refractivity contribution in [1.82, 2.24) is 19.5 Å². The largest absolute Gasteiger partial charge is 0.494 e. The molecule has 0 saturated carbocycles. The van der Waals surface area contributed by atoms with E-state index in [0.717, 1.165) is 47.8 Å². The number of nitrogens with zero attached hydrogens (tertiary/aromatic N) is 4. The van der Waals surface area contributed by atoms with Crippen LogP contribution >= 0.6 is 0 Å². The lowest BCUT2D eigenvalue weighted by Gasteiger charge is -2.23. The number of methoxy groups -OCH3 is 2. The summed E-state index contributed by atoms with van der Waals surface area (Å²) >= 11 is 0. The molecule has 0 spiro atoms. The third kappa shape index (κ3) is 3.50. The minimum absolute atomic E-state index is 0.0405. The minimum Gasteiger partial charge on any atom is -0.494 e. The molecule has 1 aliphatic carbocycles. The SMILES string of the molecule is COc1cc(Nc2ncc3c(n2)C(OC)CCC3)ccc1-n1cnc(C)c1.